The van der Waals surface area contributed by atoms with Crippen LogP contribution in [0.15, 0.2) is 4.99 Å². The van der Waals surface area contributed by atoms with E-state index in [2.05, 4.69) is 36.3 Å². The fourth-order valence-electron chi connectivity index (χ4n) is 3.82. The summed E-state index contributed by atoms with van der Waals surface area (Å²) in [5.74, 6) is 0.816. The van der Waals surface area contributed by atoms with Gasteiger partial charge in [-0.15, -0.1) is 0 Å². The highest BCUT2D eigenvalue weighted by atomic mass is 16.6. The highest BCUT2D eigenvalue weighted by molar-refractivity contribution is 5.80. The summed E-state index contributed by atoms with van der Waals surface area (Å²) in [7, 11) is 0. The number of aliphatic imine (C=N–C) groups is 1. The molecule has 0 spiro atoms. The van der Waals surface area contributed by atoms with Crippen molar-refractivity contribution in [2.24, 2.45) is 4.99 Å². The normalized spacial score (nSPS) is 25.4. The standard InChI is InChI=1S/C21H41N5O3/c1-7-22-19(23-13-16(2)26-11-12-28-15-17(26)3)24-18-9-8-10-25(14-18)20(27)29-21(4,5)6/h16-18H,7-15H2,1-6H3,(H2,22,23,24). The number of ether oxygens (including phenoxy) is 2. The molecule has 2 N–H and O–H groups in total. The number of nitrogens with zero attached hydrogens (tertiary/aromatic N) is 3. The first kappa shape index (κ1) is 23.7. The van der Waals surface area contributed by atoms with Gasteiger partial charge in [0.1, 0.15) is 5.60 Å². The van der Waals surface area contributed by atoms with Gasteiger partial charge >= 0.3 is 6.09 Å². The van der Waals surface area contributed by atoms with Crippen LogP contribution in [0.2, 0.25) is 0 Å². The van der Waals surface area contributed by atoms with Crippen LogP contribution in [-0.4, -0.2) is 91.5 Å². The minimum atomic E-state index is -0.472. The molecule has 0 aromatic carbocycles. The molecule has 1 amide bonds. The molecule has 2 saturated heterocycles. The van der Waals surface area contributed by atoms with Crippen molar-refractivity contribution in [3.05, 3.63) is 0 Å². The lowest BCUT2D eigenvalue weighted by molar-refractivity contribution is -0.0166. The van der Waals surface area contributed by atoms with E-state index in [1.807, 2.05) is 20.8 Å². The van der Waals surface area contributed by atoms with Crippen LogP contribution >= 0.6 is 0 Å². The number of hydrogen-bond donors (Lipinski definition) is 2. The highest BCUT2D eigenvalue weighted by Gasteiger charge is 2.28. The fraction of sp³-hybridized carbons (Fsp3) is 0.905. The second-order valence-electron chi connectivity index (χ2n) is 9.14. The molecule has 0 bridgehead atoms. The number of piperidine rings is 1. The van der Waals surface area contributed by atoms with E-state index in [0.29, 0.717) is 18.6 Å². The average Bonchev–Trinajstić information content (AvgIpc) is 2.65. The zero-order valence-electron chi connectivity index (χ0n) is 19.2. The van der Waals surface area contributed by atoms with Crippen LogP contribution in [0.5, 0.6) is 0 Å². The summed E-state index contributed by atoms with van der Waals surface area (Å²) in [5, 5.41) is 6.86. The fourth-order valence-corrected chi connectivity index (χ4v) is 3.82. The lowest BCUT2D eigenvalue weighted by Gasteiger charge is -2.37. The third-order valence-corrected chi connectivity index (χ3v) is 5.26. The van der Waals surface area contributed by atoms with Gasteiger partial charge in [-0.1, -0.05) is 0 Å². The van der Waals surface area contributed by atoms with E-state index in [0.717, 1.165) is 58.2 Å². The number of carbonyl (C=O) groups is 1. The topological polar surface area (TPSA) is 78.4 Å². The van der Waals surface area contributed by atoms with Crippen molar-refractivity contribution in [2.45, 2.75) is 78.1 Å². The number of morpholine rings is 1. The summed E-state index contributed by atoms with van der Waals surface area (Å²) >= 11 is 0. The van der Waals surface area contributed by atoms with Gasteiger partial charge in [-0.3, -0.25) is 9.89 Å². The first-order valence-electron chi connectivity index (χ1n) is 11.1. The van der Waals surface area contributed by atoms with Crippen LogP contribution < -0.4 is 10.6 Å². The molecule has 0 aromatic heterocycles. The number of likely N-dealkylation sites (tertiary alicyclic amines) is 1. The van der Waals surface area contributed by atoms with Gasteiger partial charge in [0.2, 0.25) is 0 Å². The molecule has 0 radical (unpaired) electrons. The summed E-state index contributed by atoms with van der Waals surface area (Å²) in [4.78, 5) is 21.5. The quantitative estimate of drug-likeness (QED) is 0.533. The van der Waals surface area contributed by atoms with Crippen LogP contribution in [-0.2, 0) is 9.47 Å². The van der Waals surface area contributed by atoms with E-state index in [4.69, 9.17) is 14.5 Å². The second kappa shape index (κ2) is 11.0. The zero-order chi connectivity index (χ0) is 21.4. The van der Waals surface area contributed by atoms with Crippen molar-refractivity contribution in [1.29, 1.82) is 0 Å². The van der Waals surface area contributed by atoms with E-state index in [-0.39, 0.29) is 12.1 Å². The van der Waals surface area contributed by atoms with Crippen molar-refractivity contribution in [3.63, 3.8) is 0 Å². The van der Waals surface area contributed by atoms with Crippen LogP contribution in [0, 0.1) is 0 Å². The smallest absolute Gasteiger partial charge is 0.410 e. The third-order valence-electron chi connectivity index (χ3n) is 5.26. The van der Waals surface area contributed by atoms with Gasteiger partial charge in [-0.05, 0) is 54.4 Å². The van der Waals surface area contributed by atoms with E-state index < -0.39 is 5.60 Å². The summed E-state index contributed by atoms with van der Waals surface area (Å²) < 4.78 is 11.1. The molecule has 168 valence electrons. The minimum absolute atomic E-state index is 0.173. The predicted octanol–water partition coefficient (Wildman–Crippen LogP) is 2.05. The molecular weight excluding hydrogens is 370 g/mol. The molecule has 2 heterocycles. The monoisotopic (exact) mass is 411 g/mol. The number of amides is 1. The van der Waals surface area contributed by atoms with Gasteiger partial charge in [0.05, 0.1) is 19.8 Å². The maximum Gasteiger partial charge on any atom is 0.410 e. The summed E-state index contributed by atoms with van der Waals surface area (Å²) in [6.07, 6.45) is 1.73. The zero-order valence-corrected chi connectivity index (χ0v) is 19.2. The molecule has 0 aromatic rings. The number of hydrogen-bond acceptors (Lipinski definition) is 5. The molecule has 2 rings (SSSR count). The lowest BCUT2D eigenvalue weighted by Crippen LogP contribution is -2.53. The Labute approximate surface area is 176 Å². The third kappa shape index (κ3) is 8.01. The lowest BCUT2D eigenvalue weighted by atomic mass is 10.1. The van der Waals surface area contributed by atoms with Crippen LogP contribution in [0.3, 0.4) is 0 Å². The first-order valence-corrected chi connectivity index (χ1v) is 11.1. The molecule has 2 aliphatic rings. The molecule has 8 nitrogen and oxygen atoms in total. The second-order valence-corrected chi connectivity index (χ2v) is 9.14. The summed E-state index contributed by atoms with van der Waals surface area (Å²) in [6, 6.07) is 0.950. The van der Waals surface area contributed by atoms with Crippen LogP contribution in [0.4, 0.5) is 4.79 Å². The molecule has 29 heavy (non-hydrogen) atoms. The van der Waals surface area contributed by atoms with Gasteiger partial charge in [0.25, 0.3) is 0 Å². The molecule has 0 saturated carbocycles. The van der Waals surface area contributed by atoms with E-state index in [1.54, 1.807) is 4.90 Å². The van der Waals surface area contributed by atoms with E-state index in [9.17, 15) is 4.79 Å². The van der Waals surface area contributed by atoms with E-state index in [1.165, 1.54) is 0 Å². The Kier molecular flexibility index (Phi) is 9.02. The molecule has 0 aliphatic carbocycles. The van der Waals surface area contributed by atoms with Gasteiger partial charge < -0.3 is 25.0 Å². The minimum Gasteiger partial charge on any atom is -0.444 e. The largest absolute Gasteiger partial charge is 0.444 e. The Balaban J connectivity index is 1.91. The van der Waals surface area contributed by atoms with Crippen LogP contribution in [0.1, 0.15) is 54.4 Å². The SMILES string of the molecule is CCNC(=NCC(C)N1CCOCC1C)NC1CCCN(C(=O)OC(C)(C)C)C1. The Morgan fingerprint density at radius 2 is 2.10 bits per heavy atom. The molecule has 3 atom stereocenters. The predicted molar refractivity (Wildman–Crippen MR) is 116 cm³/mol. The maximum absolute atomic E-state index is 12.4. The Hall–Kier alpha value is -1.54. The van der Waals surface area contributed by atoms with Crippen LogP contribution in [0.25, 0.3) is 0 Å². The summed E-state index contributed by atoms with van der Waals surface area (Å²) in [5.41, 5.74) is -0.472. The van der Waals surface area contributed by atoms with Crippen molar-refractivity contribution >= 4 is 12.1 Å². The van der Waals surface area contributed by atoms with Gasteiger partial charge in [-0.2, -0.15) is 0 Å². The van der Waals surface area contributed by atoms with Crippen molar-refractivity contribution in [3.8, 4) is 0 Å². The number of rotatable bonds is 5. The number of nitrogens with one attached hydrogen (secondary N) is 2. The molecule has 2 aliphatic heterocycles. The molecule has 8 heteroatoms. The van der Waals surface area contributed by atoms with Crippen molar-refractivity contribution < 1.29 is 14.3 Å². The Morgan fingerprint density at radius 3 is 2.76 bits per heavy atom. The first-order chi connectivity index (χ1) is 13.7. The van der Waals surface area contributed by atoms with E-state index >= 15 is 0 Å². The molecule has 2 fully saturated rings. The van der Waals surface area contributed by atoms with Gasteiger partial charge in [-0.25, -0.2) is 4.79 Å². The number of carbonyl (C=O) groups excluding carboxylic acids is 1. The molecule has 3 unspecified atom stereocenters. The Bertz CT molecular complexity index is 549. The average molecular weight is 412 g/mol. The Morgan fingerprint density at radius 1 is 1.34 bits per heavy atom. The summed E-state index contributed by atoms with van der Waals surface area (Å²) in [6.45, 7) is 17.6. The van der Waals surface area contributed by atoms with Gasteiger partial charge in [0.15, 0.2) is 5.96 Å². The van der Waals surface area contributed by atoms with Gasteiger partial charge in [0, 0.05) is 44.3 Å². The van der Waals surface area contributed by atoms with Crippen molar-refractivity contribution in [1.82, 2.24) is 20.4 Å². The highest BCUT2D eigenvalue weighted by Crippen LogP contribution is 2.15. The molecular formula is C21H41N5O3. The van der Waals surface area contributed by atoms with Crippen molar-refractivity contribution in [2.75, 3.05) is 45.9 Å². The number of guanidine groups is 1. The maximum atomic E-state index is 12.4.